The number of ether oxygens (including phenoxy) is 3. The largest absolute Gasteiger partial charge is 0.497 e. The number of benzene rings is 2. The van der Waals surface area contributed by atoms with Crippen LogP contribution in [0, 0.1) is 6.92 Å². The molecule has 0 aliphatic rings. The van der Waals surface area contributed by atoms with Crippen LogP contribution in [0.5, 0.6) is 17.2 Å². The van der Waals surface area contributed by atoms with Gasteiger partial charge in [-0.15, -0.1) is 0 Å². The Morgan fingerprint density at radius 2 is 1.60 bits per heavy atom. The maximum absolute atomic E-state index is 12.2. The van der Waals surface area contributed by atoms with Gasteiger partial charge in [-0.25, -0.2) is 0 Å². The monoisotopic (exact) mass is 368 g/mol. The molecular weight excluding hydrogens is 350 g/mol. The molecule has 0 aliphatic carbocycles. The number of hydrogen-bond donors (Lipinski definition) is 2. The summed E-state index contributed by atoms with van der Waals surface area (Å²) < 4.78 is 39.2. The molecule has 0 atom stereocenters. The molecule has 0 radical (unpaired) electrons. The lowest BCUT2D eigenvalue weighted by atomic mass is 10.2. The maximum Gasteiger partial charge on any atom is 0.387 e. The Labute approximate surface area is 149 Å². The van der Waals surface area contributed by atoms with Crippen LogP contribution < -0.4 is 24.8 Å². The van der Waals surface area contributed by atoms with Crippen molar-refractivity contribution in [2.45, 2.75) is 13.5 Å². The van der Waals surface area contributed by atoms with Gasteiger partial charge in [-0.2, -0.15) is 8.78 Å². The summed E-state index contributed by atoms with van der Waals surface area (Å²) in [6, 6.07) is 9.84. The minimum Gasteiger partial charge on any atom is -0.497 e. The fourth-order valence-corrected chi connectivity index (χ4v) is 2.34. The number of thiocarbonyl (C=S) groups is 1. The van der Waals surface area contributed by atoms with Crippen LogP contribution in [-0.2, 0) is 0 Å². The van der Waals surface area contributed by atoms with E-state index < -0.39 is 6.61 Å². The zero-order chi connectivity index (χ0) is 18.4. The van der Waals surface area contributed by atoms with Crippen molar-refractivity contribution in [1.29, 1.82) is 0 Å². The standard InChI is InChI=1S/C17H18F2N2O3S/c1-10-6-12(24-16(18)19)4-5-15(10)21-17(25)20-11-7-13(22-2)9-14(8-11)23-3/h4-9,16H,1-3H3,(H2,20,21,25). The van der Waals surface area contributed by atoms with Crippen LogP contribution in [0.15, 0.2) is 36.4 Å². The van der Waals surface area contributed by atoms with Crippen LogP contribution >= 0.6 is 12.2 Å². The molecule has 0 heterocycles. The van der Waals surface area contributed by atoms with Crippen molar-refractivity contribution in [3.8, 4) is 17.2 Å². The predicted molar refractivity (Wildman–Crippen MR) is 97.2 cm³/mol. The fourth-order valence-electron chi connectivity index (χ4n) is 2.12. The second kappa shape index (κ2) is 8.48. The van der Waals surface area contributed by atoms with E-state index in [0.29, 0.717) is 33.5 Å². The number of aryl methyl sites for hydroxylation is 1. The minimum atomic E-state index is -2.86. The summed E-state index contributed by atoms with van der Waals surface area (Å²) in [7, 11) is 3.11. The molecule has 0 fully saturated rings. The molecule has 0 bridgehead atoms. The Balaban J connectivity index is 2.07. The number of alkyl halides is 2. The van der Waals surface area contributed by atoms with Gasteiger partial charge in [-0.3, -0.25) is 0 Å². The average Bonchev–Trinajstić information content (AvgIpc) is 2.56. The number of halogens is 2. The smallest absolute Gasteiger partial charge is 0.387 e. The molecule has 2 N–H and O–H groups in total. The van der Waals surface area contributed by atoms with Crippen molar-refractivity contribution >= 4 is 28.7 Å². The summed E-state index contributed by atoms with van der Waals surface area (Å²) >= 11 is 5.28. The topological polar surface area (TPSA) is 51.8 Å². The molecule has 0 saturated carbocycles. The molecule has 134 valence electrons. The highest BCUT2D eigenvalue weighted by Gasteiger charge is 2.08. The van der Waals surface area contributed by atoms with Crippen molar-refractivity contribution in [2.24, 2.45) is 0 Å². The molecule has 8 heteroatoms. The Hall–Kier alpha value is -2.61. The molecule has 2 rings (SSSR count). The third kappa shape index (κ3) is 5.46. The van der Waals surface area contributed by atoms with Gasteiger partial charge < -0.3 is 24.8 Å². The van der Waals surface area contributed by atoms with Gasteiger partial charge in [0, 0.05) is 29.6 Å². The Kier molecular flexibility index (Phi) is 6.35. The highest BCUT2D eigenvalue weighted by molar-refractivity contribution is 7.80. The summed E-state index contributed by atoms with van der Waals surface area (Å²) in [6.45, 7) is -1.10. The van der Waals surface area contributed by atoms with E-state index in [1.165, 1.54) is 12.1 Å². The van der Waals surface area contributed by atoms with Gasteiger partial charge in [0.25, 0.3) is 0 Å². The predicted octanol–water partition coefficient (Wildman–Crippen LogP) is 4.42. The van der Waals surface area contributed by atoms with Crippen molar-refractivity contribution in [3.63, 3.8) is 0 Å². The molecule has 2 aromatic carbocycles. The van der Waals surface area contributed by atoms with Crippen LogP contribution in [0.25, 0.3) is 0 Å². The van der Waals surface area contributed by atoms with Gasteiger partial charge >= 0.3 is 6.61 Å². The second-order valence-electron chi connectivity index (χ2n) is 5.04. The number of nitrogens with one attached hydrogen (secondary N) is 2. The fraction of sp³-hybridized carbons (Fsp3) is 0.235. The molecule has 2 aromatic rings. The van der Waals surface area contributed by atoms with Crippen LogP contribution in [0.3, 0.4) is 0 Å². The van der Waals surface area contributed by atoms with E-state index in [0.717, 1.165) is 0 Å². The third-order valence-electron chi connectivity index (χ3n) is 3.28. The normalized spacial score (nSPS) is 10.3. The van der Waals surface area contributed by atoms with Crippen molar-refractivity contribution in [1.82, 2.24) is 0 Å². The Morgan fingerprint density at radius 3 is 2.12 bits per heavy atom. The van der Waals surface area contributed by atoms with Crippen LogP contribution in [0.2, 0.25) is 0 Å². The van der Waals surface area contributed by atoms with Crippen molar-refractivity contribution in [2.75, 3.05) is 24.9 Å². The zero-order valence-corrected chi connectivity index (χ0v) is 14.7. The first-order chi connectivity index (χ1) is 11.9. The van der Waals surface area contributed by atoms with E-state index >= 15 is 0 Å². The quantitative estimate of drug-likeness (QED) is 0.736. The molecule has 0 amide bonds. The summed E-state index contributed by atoms with van der Waals surface area (Å²) in [5, 5.41) is 6.37. The summed E-state index contributed by atoms with van der Waals surface area (Å²) in [5.74, 6) is 1.33. The first kappa shape index (κ1) is 18.7. The molecule has 0 unspecified atom stereocenters. The maximum atomic E-state index is 12.2. The molecule has 0 spiro atoms. The molecule has 25 heavy (non-hydrogen) atoms. The molecule has 0 aliphatic heterocycles. The summed E-state index contributed by atoms with van der Waals surface area (Å²) in [5.41, 5.74) is 2.07. The van der Waals surface area contributed by atoms with Crippen LogP contribution in [-0.4, -0.2) is 25.9 Å². The van der Waals surface area contributed by atoms with E-state index in [2.05, 4.69) is 15.4 Å². The van der Waals surface area contributed by atoms with E-state index in [1.807, 2.05) is 0 Å². The Morgan fingerprint density at radius 1 is 0.960 bits per heavy atom. The van der Waals surface area contributed by atoms with Crippen LogP contribution in [0.4, 0.5) is 20.2 Å². The van der Waals surface area contributed by atoms with Gasteiger partial charge in [-0.05, 0) is 42.9 Å². The van der Waals surface area contributed by atoms with Gasteiger partial charge in [0.15, 0.2) is 5.11 Å². The lowest BCUT2D eigenvalue weighted by molar-refractivity contribution is -0.0498. The van der Waals surface area contributed by atoms with Gasteiger partial charge in [0.1, 0.15) is 17.2 Å². The van der Waals surface area contributed by atoms with Gasteiger partial charge in [-0.1, -0.05) is 0 Å². The van der Waals surface area contributed by atoms with Gasteiger partial charge in [0.2, 0.25) is 0 Å². The second-order valence-corrected chi connectivity index (χ2v) is 5.44. The first-order valence-electron chi connectivity index (χ1n) is 7.28. The van der Waals surface area contributed by atoms with Crippen molar-refractivity contribution in [3.05, 3.63) is 42.0 Å². The summed E-state index contributed by atoms with van der Waals surface area (Å²) in [6.07, 6.45) is 0. The van der Waals surface area contributed by atoms with E-state index in [1.54, 1.807) is 45.4 Å². The average molecular weight is 368 g/mol. The van der Waals surface area contributed by atoms with Crippen LogP contribution in [0.1, 0.15) is 5.56 Å². The highest BCUT2D eigenvalue weighted by atomic mass is 32.1. The van der Waals surface area contributed by atoms with Crippen molar-refractivity contribution < 1.29 is 23.0 Å². The number of anilines is 2. The first-order valence-corrected chi connectivity index (χ1v) is 7.68. The molecule has 5 nitrogen and oxygen atoms in total. The lowest BCUT2D eigenvalue weighted by Gasteiger charge is -2.15. The molecule has 0 saturated heterocycles. The lowest BCUT2D eigenvalue weighted by Crippen LogP contribution is -2.19. The van der Waals surface area contributed by atoms with Gasteiger partial charge in [0.05, 0.1) is 14.2 Å². The molecule has 0 aromatic heterocycles. The number of rotatable bonds is 6. The van der Waals surface area contributed by atoms with E-state index in [9.17, 15) is 8.78 Å². The minimum absolute atomic E-state index is 0.0921. The number of hydrogen-bond acceptors (Lipinski definition) is 4. The zero-order valence-electron chi connectivity index (χ0n) is 13.9. The Bertz CT molecular complexity index is 734. The third-order valence-corrected chi connectivity index (χ3v) is 3.48. The summed E-state index contributed by atoms with van der Waals surface area (Å²) in [4.78, 5) is 0. The SMILES string of the molecule is COc1cc(NC(=S)Nc2ccc(OC(F)F)cc2C)cc(OC)c1. The van der Waals surface area contributed by atoms with E-state index in [4.69, 9.17) is 21.7 Å². The number of methoxy groups -OCH3 is 2. The molecular formula is C17H18F2N2O3S. The highest BCUT2D eigenvalue weighted by Crippen LogP contribution is 2.26. The van der Waals surface area contributed by atoms with E-state index in [-0.39, 0.29) is 5.75 Å².